The number of ether oxygens (including phenoxy) is 4. The number of hydrogen-bond acceptors (Lipinski definition) is 10. The molecule has 15 heteroatoms. The monoisotopic (exact) mass is 572 g/mol. The number of amides is 1. The third-order valence-electron chi connectivity index (χ3n) is 5.51. The van der Waals surface area contributed by atoms with Crippen molar-refractivity contribution >= 4 is 47.6 Å². The second kappa shape index (κ2) is 12.0. The lowest BCUT2D eigenvalue weighted by atomic mass is 9.95. The molecule has 0 radical (unpaired) electrons. The zero-order valence-corrected chi connectivity index (χ0v) is 22.7. The minimum absolute atomic E-state index is 0.111. The first-order valence-corrected chi connectivity index (χ1v) is 12.1. The Morgan fingerprint density at radius 3 is 2.29 bits per heavy atom. The van der Waals surface area contributed by atoms with Gasteiger partial charge in [-0.05, 0) is 30.4 Å². The molecule has 1 aliphatic rings. The van der Waals surface area contributed by atoms with Crippen LogP contribution < -0.4 is 5.32 Å². The molecule has 5 atom stereocenters. The number of esters is 3. The number of carbonyl (C=O) groups is 4. The summed E-state index contributed by atoms with van der Waals surface area (Å²) < 4.78 is 38.8. The van der Waals surface area contributed by atoms with Crippen molar-refractivity contribution in [3.8, 4) is 11.4 Å². The van der Waals surface area contributed by atoms with Gasteiger partial charge in [-0.1, -0.05) is 11.6 Å². The summed E-state index contributed by atoms with van der Waals surface area (Å²) >= 11 is 11.5. The highest BCUT2D eigenvalue weighted by Crippen LogP contribution is 2.34. The SMILES string of the molecule is CC(=O)N[C@@H]1[C@@H](OC(C)=O)[C@H](OC(C)=O)[C@@H](COC(C)=O)O[C@H]1n1nc(-c2ccc(F)c(Cl)c2)n(C)c1=S. The van der Waals surface area contributed by atoms with Gasteiger partial charge in [-0.3, -0.25) is 19.2 Å². The van der Waals surface area contributed by atoms with Gasteiger partial charge in [0.15, 0.2) is 29.0 Å². The molecule has 3 rings (SSSR count). The summed E-state index contributed by atoms with van der Waals surface area (Å²) in [6.45, 7) is 4.32. The molecule has 206 valence electrons. The van der Waals surface area contributed by atoms with Crippen molar-refractivity contribution in [1.29, 1.82) is 0 Å². The molecule has 1 aromatic carbocycles. The van der Waals surface area contributed by atoms with E-state index in [9.17, 15) is 23.6 Å². The molecule has 2 heterocycles. The molecular formula is C23H26ClFN4O8S. The normalized spacial score (nSPS) is 22.9. The van der Waals surface area contributed by atoms with Crippen LogP contribution in [0.5, 0.6) is 0 Å². The maximum Gasteiger partial charge on any atom is 0.303 e. The summed E-state index contributed by atoms with van der Waals surface area (Å²) in [5, 5.41) is 7.05. The van der Waals surface area contributed by atoms with Crippen molar-refractivity contribution in [3.63, 3.8) is 0 Å². The highest BCUT2D eigenvalue weighted by atomic mass is 35.5. The van der Waals surface area contributed by atoms with Crippen LogP contribution in [0.3, 0.4) is 0 Å². The Labute approximate surface area is 226 Å². The van der Waals surface area contributed by atoms with Gasteiger partial charge < -0.3 is 28.8 Å². The van der Waals surface area contributed by atoms with E-state index in [0.29, 0.717) is 5.56 Å². The van der Waals surface area contributed by atoms with Crippen LogP contribution in [0.15, 0.2) is 18.2 Å². The van der Waals surface area contributed by atoms with Crippen molar-refractivity contribution in [2.75, 3.05) is 6.61 Å². The van der Waals surface area contributed by atoms with Crippen LogP contribution in [0, 0.1) is 10.6 Å². The van der Waals surface area contributed by atoms with Gasteiger partial charge in [0, 0.05) is 40.3 Å². The van der Waals surface area contributed by atoms with Gasteiger partial charge in [0.25, 0.3) is 0 Å². The molecule has 1 fully saturated rings. The summed E-state index contributed by atoms with van der Waals surface area (Å²) in [6, 6.07) is 2.85. The number of nitrogens with zero attached hydrogens (tertiary/aromatic N) is 3. The second-order valence-electron chi connectivity index (χ2n) is 8.48. The average molecular weight is 573 g/mol. The summed E-state index contributed by atoms with van der Waals surface area (Å²) in [4.78, 5) is 47.7. The standard InChI is InChI=1S/C23H26ClFN4O8S/c1-10(30)26-18-20(36-13(4)33)19(35-12(3)32)17(9-34-11(2)31)37-22(18)29-23(38)28(5)21(27-29)14-6-7-16(25)15(24)8-14/h6-8,17-20,22H,9H2,1-5H3,(H,26,30)/t17-,18-,19-,20-,22-/m1/s1. The van der Waals surface area contributed by atoms with E-state index in [1.54, 1.807) is 7.05 Å². The maximum absolute atomic E-state index is 13.8. The smallest absolute Gasteiger partial charge is 0.303 e. The Balaban J connectivity index is 2.17. The van der Waals surface area contributed by atoms with Gasteiger partial charge in [-0.15, -0.1) is 5.10 Å². The highest BCUT2D eigenvalue weighted by molar-refractivity contribution is 7.71. The number of rotatable bonds is 7. The van der Waals surface area contributed by atoms with Crippen molar-refractivity contribution in [2.45, 2.75) is 58.3 Å². The number of hydrogen-bond donors (Lipinski definition) is 1. The summed E-state index contributed by atoms with van der Waals surface area (Å²) in [6.07, 6.45) is -4.92. The molecule has 12 nitrogen and oxygen atoms in total. The molecule has 0 spiro atoms. The Morgan fingerprint density at radius 2 is 1.74 bits per heavy atom. The number of nitrogens with one attached hydrogen (secondary N) is 1. The summed E-state index contributed by atoms with van der Waals surface area (Å²) in [7, 11) is 1.61. The maximum atomic E-state index is 13.8. The number of benzene rings is 1. The van der Waals surface area contributed by atoms with Gasteiger partial charge >= 0.3 is 17.9 Å². The van der Waals surface area contributed by atoms with Crippen molar-refractivity contribution in [3.05, 3.63) is 33.8 Å². The molecular weight excluding hydrogens is 547 g/mol. The van der Waals surface area contributed by atoms with E-state index in [1.165, 1.54) is 41.3 Å². The van der Waals surface area contributed by atoms with E-state index >= 15 is 0 Å². The predicted molar refractivity (Wildman–Crippen MR) is 132 cm³/mol. The lowest BCUT2D eigenvalue weighted by Crippen LogP contribution is -2.64. The first kappa shape index (κ1) is 29.2. The van der Waals surface area contributed by atoms with Gasteiger partial charge in [-0.2, -0.15) is 0 Å². The quantitative estimate of drug-likeness (QED) is 0.298. The van der Waals surface area contributed by atoms with Crippen molar-refractivity contribution < 1.29 is 42.5 Å². The Morgan fingerprint density at radius 1 is 1.11 bits per heavy atom. The summed E-state index contributed by atoms with van der Waals surface area (Å²) in [5.41, 5.74) is 0.432. The van der Waals surface area contributed by atoms with Crippen LogP contribution in [0.25, 0.3) is 11.4 Å². The fourth-order valence-electron chi connectivity index (χ4n) is 4.03. The van der Waals surface area contributed by atoms with Crippen LogP contribution in [0.1, 0.15) is 33.9 Å². The fourth-order valence-corrected chi connectivity index (χ4v) is 4.44. The van der Waals surface area contributed by atoms with E-state index in [4.69, 9.17) is 42.8 Å². The van der Waals surface area contributed by atoms with Gasteiger partial charge in [0.1, 0.15) is 24.6 Å². The topological polar surface area (TPSA) is 140 Å². The Bertz CT molecular complexity index is 1310. The molecule has 1 amide bonds. The summed E-state index contributed by atoms with van der Waals surface area (Å²) in [5.74, 6) is -2.95. The molecule has 1 N–H and O–H groups in total. The number of aromatic nitrogens is 3. The van der Waals surface area contributed by atoms with Gasteiger partial charge in [0.2, 0.25) is 5.91 Å². The molecule has 1 aliphatic heterocycles. The molecule has 0 bridgehead atoms. The zero-order chi connectivity index (χ0) is 28.3. The van der Waals surface area contributed by atoms with E-state index in [1.807, 2.05) is 0 Å². The molecule has 0 saturated carbocycles. The third-order valence-corrected chi connectivity index (χ3v) is 6.26. The average Bonchev–Trinajstić information content (AvgIpc) is 3.10. The molecule has 0 unspecified atom stereocenters. The van der Waals surface area contributed by atoms with Crippen LogP contribution in [0.2, 0.25) is 5.02 Å². The lowest BCUT2D eigenvalue weighted by molar-refractivity contribution is -0.239. The van der Waals surface area contributed by atoms with Crippen molar-refractivity contribution in [1.82, 2.24) is 19.7 Å². The van der Waals surface area contributed by atoms with Gasteiger partial charge in [0.05, 0.1) is 5.02 Å². The van der Waals surface area contributed by atoms with Crippen LogP contribution in [0.4, 0.5) is 4.39 Å². The van der Waals surface area contributed by atoms with E-state index < -0.39 is 60.2 Å². The van der Waals surface area contributed by atoms with Crippen LogP contribution >= 0.6 is 23.8 Å². The first-order chi connectivity index (χ1) is 17.8. The lowest BCUT2D eigenvalue weighted by Gasteiger charge is -2.45. The molecule has 0 aliphatic carbocycles. The Hall–Kier alpha value is -3.36. The minimum atomic E-state index is -1.28. The largest absolute Gasteiger partial charge is 0.463 e. The van der Waals surface area contributed by atoms with Gasteiger partial charge in [-0.25, -0.2) is 9.07 Å². The molecule has 2 aromatic rings. The first-order valence-electron chi connectivity index (χ1n) is 11.3. The molecule has 1 aromatic heterocycles. The van der Waals surface area contributed by atoms with Crippen LogP contribution in [-0.2, 0) is 45.2 Å². The Kier molecular flexibility index (Phi) is 9.22. The van der Waals surface area contributed by atoms with E-state index in [-0.39, 0.29) is 22.2 Å². The van der Waals surface area contributed by atoms with Crippen molar-refractivity contribution in [2.24, 2.45) is 7.05 Å². The van der Waals surface area contributed by atoms with Crippen LogP contribution in [-0.4, -0.2) is 69.1 Å². The fraction of sp³-hybridized carbons (Fsp3) is 0.478. The second-order valence-corrected chi connectivity index (χ2v) is 9.25. The number of carbonyl (C=O) groups excluding carboxylic acids is 4. The minimum Gasteiger partial charge on any atom is -0.463 e. The highest BCUT2D eigenvalue weighted by Gasteiger charge is 2.52. The third kappa shape index (κ3) is 6.55. The van der Waals surface area contributed by atoms with E-state index in [0.717, 1.165) is 13.8 Å². The zero-order valence-electron chi connectivity index (χ0n) is 21.1. The predicted octanol–water partition coefficient (Wildman–Crippen LogP) is 2.24. The number of halogens is 2. The molecule has 38 heavy (non-hydrogen) atoms. The molecule has 1 saturated heterocycles. The van der Waals surface area contributed by atoms with E-state index in [2.05, 4.69) is 10.4 Å².